The Hall–Kier alpha value is -3.69. The van der Waals surface area contributed by atoms with Gasteiger partial charge in [0.15, 0.2) is 0 Å². The summed E-state index contributed by atoms with van der Waals surface area (Å²) in [7, 11) is 1.60. The number of nitrogens with zero attached hydrogens (tertiary/aromatic N) is 3. The van der Waals surface area contributed by atoms with Crippen LogP contribution < -0.4 is 15.0 Å². The molecule has 0 radical (unpaired) electrons. The van der Waals surface area contributed by atoms with Gasteiger partial charge in [-0.2, -0.15) is 0 Å². The molecule has 1 aliphatic heterocycles. The van der Waals surface area contributed by atoms with Crippen molar-refractivity contribution in [1.29, 1.82) is 0 Å². The lowest BCUT2D eigenvalue weighted by atomic mass is 10.0. The van der Waals surface area contributed by atoms with Crippen molar-refractivity contribution in [3.63, 3.8) is 0 Å². The number of ether oxygens (including phenoxy) is 1. The predicted octanol–water partition coefficient (Wildman–Crippen LogP) is 3.22. The molecule has 0 spiro atoms. The number of hydrogen-bond donors (Lipinski definition) is 1. The molecule has 30 heavy (non-hydrogen) atoms. The molecular formula is C20H22N4O6. The first kappa shape index (κ1) is 21.0. The number of piperidine rings is 1. The minimum absolute atomic E-state index is 0.0645. The number of para-hydroxylation sites is 2. The van der Waals surface area contributed by atoms with Crippen molar-refractivity contribution in [3.05, 3.63) is 67.8 Å². The van der Waals surface area contributed by atoms with E-state index in [9.17, 15) is 25.0 Å². The molecule has 10 heteroatoms. The van der Waals surface area contributed by atoms with Crippen LogP contribution in [0, 0.1) is 27.2 Å². The van der Waals surface area contributed by atoms with E-state index in [1.807, 2.05) is 24.3 Å². The van der Waals surface area contributed by atoms with Crippen molar-refractivity contribution < 1.29 is 19.4 Å². The van der Waals surface area contributed by atoms with Crippen LogP contribution in [0.1, 0.15) is 28.8 Å². The van der Waals surface area contributed by atoms with E-state index in [0.29, 0.717) is 6.54 Å². The maximum absolute atomic E-state index is 12.9. The molecule has 3 rings (SSSR count). The molecule has 1 heterocycles. The minimum Gasteiger partial charge on any atom is -0.495 e. The van der Waals surface area contributed by atoms with Gasteiger partial charge in [0.25, 0.3) is 17.3 Å². The van der Waals surface area contributed by atoms with Crippen LogP contribution in [0.15, 0.2) is 36.4 Å². The molecule has 1 N–H and O–H groups in total. The third-order valence-electron chi connectivity index (χ3n) is 5.20. The molecule has 1 atom stereocenters. The predicted molar refractivity (Wildman–Crippen MR) is 110 cm³/mol. The second-order valence-corrected chi connectivity index (χ2v) is 7.08. The standard InChI is InChI=1S/C20H22N4O6/c1-13-16(10-15(23(26)27)11-18(13)24(28)29)20(25)21-14-6-5-9-22(12-14)17-7-3-4-8-19(17)30-2/h3-4,7-8,10-11,14H,5-6,9,12H2,1-2H3,(H,21,25). The van der Waals surface area contributed by atoms with E-state index in [2.05, 4.69) is 10.2 Å². The van der Waals surface area contributed by atoms with Crippen molar-refractivity contribution in [1.82, 2.24) is 5.32 Å². The number of amides is 1. The summed E-state index contributed by atoms with van der Waals surface area (Å²) in [6.45, 7) is 2.75. The van der Waals surface area contributed by atoms with Crippen LogP contribution in [0.25, 0.3) is 0 Å². The van der Waals surface area contributed by atoms with Gasteiger partial charge in [-0.15, -0.1) is 0 Å². The van der Waals surface area contributed by atoms with Crippen molar-refractivity contribution in [2.75, 3.05) is 25.1 Å². The maximum Gasteiger partial charge on any atom is 0.279 e. The zero-order valence-corrected chi connectivity index (χ0v) is 16.7. The Bertz CT molecular complexity index is 993. The summed E-state index contributed by atoms with van der Waals surface area (Å²) >= 11 is 0. The quantitative estimate of drug-likeness (QED) is 0.568. The Balaban J connectivity index is 1.82. The van der Waals surface area contributed by atoms with E-state index in [4.69, 9.17) is 4.74 Å². The average Bonchev–Trinajstić information content (AvgIpc) is 2.73. The lowest BCUT2D eigenvalue weighted by Crippen LogP contribution is -2.48. The van der Waals surface area contributed by atoms with Gasteiger partial charge in [-0.1, -0.05) is 12.1 Å². The number of carbonyl (C=O) groups excluding carboxylic acids is 1. The van der Waals surface area contributed by atoms with E-state index >= 15 is 0 Å². The summed E-state index contributed by atoms with van der Waals surface area (Å²) in [5.41, 5.74) is 0.0114. The van der Waals surface area contributed by atoms with Crippen LogP contribution >= 0.6 is 0 Å². The van der Waals surface area contributed by atoms with Crippen molar-refractivity contribution >= 4 is 23.0 Å². The van der Waals surface area contributed by atoms with Crippen LogP contribution in [0.2, 0.25) is 0 Å². The minimum atomic E-state index is -0.743. The number of anilines is 1. The summed E-state index contributed by atoms with van der Waals surface area (Å²) in [6.07, 6.45) is 1.56. The molecule has 2 aromatic carbocycles. The summed E-state index contributed by atoms with van der Waals surface area (Å²) in [5, 5.41) is 25.3. The van der Waals surface area contributed by atoms with Gasteiger partial charge in [0.2, 0.25) is 0 Å². The van der Waals surface area contributed by atoms with Crippen LogP contribution in [0.4, 0.5) is 17.1 Å². The van der Waals surface area contributed by atoms with E-state index in [1.54, 1.807) is 7.11 Å². The molecule has 1 saturated heterocycles. The zero-order chi connectivity index (χ0) is 21.8. The molecule has 0 saturated carbocycles. The highest BCUT2D eigenvalue weighted by Gasteiger charge is 2.28. The molecule has 0 aromatic heterocycles. The Morgan fingerprint density at radius 2 is 1.93 bits per heavy atom. The molecule has 10 nitrogen and oxygen atoms in total. The van der Waals surface area contributed by atoms with Gasteiger partial charge in [-0.05, 0) is 31.9 Å². The Morgan fingerprint density at radius 3 is 2.60 bits per heavy atom. The van der Waals surface area contributed by atoms with Crippen LogP contribution in [-0.2, 0) is 0 Å². The first-order chi connectivity index (χ1) is 14.3. The highest BCUT2D eigenvalue weighted by atomic mass is 16.6. The third-order valence-corrected chi connectivity index (χ3v) is 5.20. The highest BCUT2D eigenvalue weighted by Crippen LogP contribution is 2.31. The summed E-state index contributed by atoms with van der Waals surface area (Å²) in [5.74, 6) is 0.167. The van der Waals surface area contributed by atoms with E-state index < -0.39 is 27.1 Å². The zero-order valence-electron chi connectivity index (χ0n) is 16.7. The van der Waals surface area contributed by atoms with Crippen molar-refractivity contribution in [2.24, 2.45) is 0 Å². The van der Waals surface area contributed by atoms with Gasteiger partial charge in [0.1, 0.15) is 5.75 Å². The number of rotatable bonds is 6. The Morgan fingerprint density at radius 1 is 1.20 bits per heavy atom. The molecule has 0 bridgehead atoms. The van der Waals surface area contributed by atoms with Gasteiger partial charge in [0.05, 0.1) is 34.3 Å². The summed E-state index contributed by atoms with van der Waals surface area (Å²) in [4.78, 5) is 35.9. The topological polar surface area (TPSA) is 128 Å². The molecular weight excluding hydrogens is 392 g/mol. The molecule has 158 valence electrons. The SMILES string of the molecule is COc1ccccc1N1CCCC(NC(=O)c2cc([N+](=O)[O-])cc([N+](=O)[O-])c2C)C1. The Labute approximate surface area is 172 Å². The number of nitro benzene ring substituents is 2. The average molecular weight is 414 g/mol. The fourth-order valence-electron chi connectivity index (χ4n) is 3.68. The van der Waals surface area contributed by atoms with Crippen LogP contribution in [-0.4, -0.2) is 42.0 Å². The maximum atomic E-state index is 12.9. The van der Waals surface area contributed by atoms with E-state index in [1.165, 1.54) is 6.92 Å². The number of hydrogen-bond acceptors (Lipinski definition) is 7. The number of nitrogens with one attached hydrogen (secondary N) is 1. The van der Waals surface area contributed by atoms with Gasteiger partial charge in [0, 0.05) is 30.8 Å². The molecule has 1 unspecified atom stereocenters. The number of non-ortho nitro benzene ring substituents is 1. The number of nitro groups is 2. The first-order valence-corrected chi connectivity index (χ1v) is 9.44. The van der Waals surface area contributed by atoms with Gasteiger partial charge < -0.3 is 15.0 Å². The molecule has 2 aromatic rings. The lowest BCUT2D eigenvalue weighted by molar-refractivity contribution is -0.394. The number of benzene rings is 2. The highest BCUT2D eigenvalue weighted by molar-refractivity contribution is 5.97. The first-order valence-electron chi connectivity index (χ1n) is 9.44. The second-order valence-electron chi connectivity index (χ2n) is 7.08. The van der Waals surface area contributed by atoms with E-state index in [0.717, 1.165) is 43.0 Å². The largest absolute Gasteiger partial charge is 0.495 e. The Kier molecular flexibility index (Phi) is 6.14. The van der Waals surface area contributed by atoms with E-state index in [-0.39, 0.29) is 17.2 Å². The number of methoxy groups -OCH3 is 1. The van der Waals surface area contributed by atoms with Crippen molar-refractivity contribution in [3.8, 4) is 5.75 Å². The fourth-order valence-corrected chi connectivity index (χ4v) is 3.68. The fraction of sp³-hybridized carbons (Fsp3) is 0.350. The summed E-state index contributed by atoms with van der Waals surface area (Å²) < 4.78 is 5.41. The van der Waals surface area contributed by atoms with Gasteiger partial charge in [-0.3, -0.25) is 25.0 Å². The van der Waals surface area contributed by atoms with Crippen LogP contribution in [0.5, 0.6) is 5.75 Å². The van der Waals surface area contributed by atoms with Crippen LogP contribution in [0.3, 0.4) is 0 Å². The summed E-state index contributed by atoms with van der Waals surface area (Å²) in [6, 6.07) is 9.33. The normalized spacial score (nSPS) is 16.1. The monoisotopic (exact) mass is 414 g/mol. The molecule has 1 amide bonds. The van der Waals surface area contributed by atoms with Gasteiger partial charge >= 0.3 is 0 Å². The number of carbonyl (C=O) groups is 1. The second kappa shape index (κ2) is 8.76. The lowest BCUT2D eigenvalue weighted by Gasteiger charge is -2.35. The molecule has 1 aliphatic rings. The van der Waals surface area contributed by atoms with Gasteiger partial charge in [-0.25, -0.2) is 0 Å². The molecule has 0 aliphatic carbocycles. The molecule has 1 fully saturated rings. The smallest absolute Gasteiger partial charge is 0.279 e. The van der Waals surface area contributed by atoms with Crippen molar-refractivity contribution in [2.45, 2.75) is 25.8 Å². The third kappa shape index (κ3) is 4.32.